The SMILES string of the molecule is O=C(COC(=O)COc1ccccc1[N+](=O)[O-])Nc1ccccc1-c1ccccc1. The molecular formula is C22H18N2O6. The van der Waals surface area contributed by atoms with E-state index in [-0.39, 0.29) is 11.4 Å². The highest BCUT2D eigenvalue weighted by Crippen LogP contribution is 2.27. The van der Waals surface area contributed by atoms with Crippen LogP contribution < -0.4 is 10.1 Å². The number of rotatable bonds is 8. The number of carbonyl (C=O) groups excluding carboxylic acids is 2. The number of hydrogen-bond acceptors (Lipinski definition) is 6. The average Bonchev–Trinajstić information content (AvgIpc) is 2.77. The van der Waals surface area contributed by atoms with Gasteiger partial charge in [0, 0.05) is 17.3 Å². The van der Waals surface area contributed by atoms with Gasteiger partial charge in [-0.3, -0.25) is 14.9 Å². The lowest BCUT2D eigenvalue weighted by atomic mass is 10.0. The Kier molecular flexibility index (Phi) is 6.73. The minimum Gasteiger partial charge on any atom is -0.475 e. The predicted molar refractivity (Wildman–Crippen MR) is 110 cm³/mol. The third-order valence-corrected chi connectivity index (χ3v) is 4.06. The fraction of sp³-hybridized carbons (Fsp3) is 0.0909. The number of nitrogens with zero attached hydrogens (tertiary/aromatic N) is 1. The summed E-state index contributed by atoms with van der Waals surface area (Å²) in [6.07, 6.45) is 0. The number of anilines is 1. The minimum atomic E-state index is -0.820. The molecular weight excluding hydrogens is 388 g/mol. The van der Waals surface area contributed by atoms with Gasteiger partial charge < -0.3 is 14.8 Å². The van der Waals surface area contributed by atoms with Crippen molar-refractivity contribution in [3.8, 4) is 16.9 Å². The fourth-order valence-electron chi connectivity index (χ4n) is 2.70. The number of ether oxygens (including phenoxy) is 2. The number of nitro groups is 1. The summed E-state index contributed by atoms with van der Waals surface area (Å²) in [4.78, 5) is 34.4. The molecule has 8 nitrogen and oxygen atoms in total. The largest absolute Gasteiger partial charge is 0.475 e. The number of amides is 1. The summed E-state index contributed by atoms with van der Waals surface area (Å²) in [6, 6.07) is 22.5. The minimum absolute atomic E-state index is 0.0549. The van der Waals surface area contributed by atoms with Crippen molar-refractivity contribution in [2.45, 2.75) is 0 Å². The fourth-order valence-corrected chi connectivity index (χ4v) is 2.70. The summed E-state index contributed by atoms with van der Waals surface area (Å²) >= 11 is 0. The molecule has 152 valence electrons. The molecule has 30 heavy (non-hydrogen) atoms. The highest BCUT2D eigenvalue weighted by Gasteiger charge is 2.16. The molecule has 3 aromatic carbocycles. The zero-order valence-corrected chi connectivity index (χ0v) is 15.8. The number of nitro benzene ring substituents is 1. The van der Waals surface area contributed by atoms with Crippen molar-refractivity contribution in [3.05, 3.63) is 89.0 Å². The van der Waals surface area contributed by atoms with Crippen molar-refractivity contribution in [3.63, 3.8) is 0 Å². The maximum absolute atomic E-state index is 12.2. The molecule has 0 fully saturated rings. The van der Waals surface area contributed by atoms with E-state index in [9.17, 15) is 19.7 Å². The van der Waals surface area contributed by atoms with E-state index in [0.717, 1.165) is 11.1 Å². The number of benzene rings is 3. The quantitative estimate of drug-likeness (QED) is 0.346. The molecule has 3 aromatic rings. The van der Waals surface area contributed by atoms with E-state index < -0.39 is 30.0 Å². The third kappa shape index (κ3) is 5.41. The molecule has 0 spiro atoms. The molecule has 0 saturated carbocycles. The van der Waals surface area contributed by atoms with E-state index in [1.807, 2.05) is 42.5 Å². The first-order chi connectivity index (χ1) is 14.5. The molecule has 0 aliphatic heterocycles. The van der Waals surface area contributed by atoms with Crippen molar-refractivity contribution in [1.29, 1.82) is 0 Å². The van der Waals surface area contributed by atoms with Gasteiger partial charge in [-0.05, 0) is 17.7 Å². The van der Waals surface area contributed by atoms with Crippen LogP contribution in [0.2, 0.25) is 0 Å². The molecule has 0 aliphatic carbocycles. The lowest BCUT2D eigenvalue weighted by Gasteiger charge is -2.12. The molecule has 0 heterocycles. The molecule has 0 aromatic heterocycles. The first-order valence-electron chi connectivity index (χ1n) is 9.01. The first-order valence-corrected chi connectivity index (χ1v) is 9.01. The molecule has 0 atom stereocenters. The Labute approximate surface area is 172 Å². The predicted octanol–water partition coefficient (Wildman–Crippen LogP) is 3.82. The number of para-hydroxylation sites is 3. The normalized spacial score (nSPS) is 10.1. The molecule has 1 N–H and O–H groups in total. The number of hydrogen-bond donors (Lipinski definition) is 1. The van der Waals surface area contributed by atoms with Gasteiger partial charge in [-0.2, -0.15) is 0 Å². The van der Waals surface area contributed by atoms with Crippen LogP contribution in [0.5, 0.6) is 5.75 Å². The standard InChI is InChI=1S/C22H18N2O6/c25-21(23-18-11-5-4-10-17(18)16-8-2-1-3-9-16)14-30-22(26)15-29-20-13-7-6-12-19(20)24(27)28/h1-13H,14-15H2,(H,23,25). The van der Waals surface area contributed by atoms with Crippen LogP contribution in [0.4, 0.5) is 11.4 Å². The van der Waals surface area contributed by atoms with E-state index in [0.29, 0.717) is 5.69 Å². The Morgan fingerprint density at radius 3 is 2.30 bits per heavy atom. The average molecular weight is 406 g/mol. The van der Waals surface area contributed by atoms with Gasteiger partial charge in [0.25, 0.3) is 5.91 Å². The summed E-state index contributed by atoms with van der Waals surface area (Å²) in [5.41, 5.74) is 2.09. The monoisotopic (exact) mass is 406 g/mol. The Balaban J connectivity index is 1.53. The molecule has 0 radical (unpaired) electrons. The van der Waals surface area contributed by atoms with E-state index in [1.165, 1.54) is 18.2 Å². The zero-order chi connectivity index (χ0) is 21.3. The van der Waals surface area contributed by atoms with E-state index in [1.54, 1.807) is 18.2 Å². The van der Waals surface area contributed by atoms with Gasteiger partial charge in [-0.25, -0.2) is 4.79 Å². The van der Waals surface area contributed by atoms with Gasteiger partial charge in [-0.15, -0.1) is 0 Å². The summed E-state index contributed by atoms with van der Waals surface area (Å²) in [5, 5.41) is 13.7. The molecule has 3 rings (SSSR count). The maximum Gasteiger partial charge on any atom is 0.344 e. The van der Waals surface area contributed by atoms with E-state index >= 15 is 0 Å². The Hall–Kier alpha value is -4.20. The highest BCUT2D eigenvalue weighted by molar-refractivity contribution is 5.96. The maximum atomic E-state index is 12.2. The molecule has 1 amide bonds. The van der Waals surface area contributed by atoms with Gasteiger partial charge in [-0.1, -0.05) is 60.7 Å². The number of esters is 1. The van der Waals surface area contributed by atoms with Crippen LogP contribution in [-0.2, 0) is 14.3 Å². The van der Waals surface area contributed by atoms with Crippen molar-refractivity contribution in [1.82, 2.24) is 0 Å². The van der Waals surface area contributed by atoms with Crippen LogP contribution in [0, 0.1) is 10.1 Å². The first kappa shape index (κ1) is 20.5. The Morgan fingerprint density at radius 1 is 0.867 bits per heavy atom. The highest BCUT2D eigenvalue weighted by atomic mass is 16.6. The van der Waals surface area contributed by atoms with Gasteiger partial charge in [0.1, 0.15) is 0 Å². The summed E-state index contributed by atoms with van der Waals surface area (Å²) in [5.74, 6) is -1.39. The second kappa shape index (κ2) is 9.83. The molecule has 0 saturated heterocycles. The number of carbonyl (C=O) groups is 2. The third-order valence-electron chi connectivity index (χ3n) is 4.06. The smallest absolute Gasteiger partial charge is 0.344 e. The molecule has 0 aliphatic rings. The molecule has 8 heteroatoms. The topological polar surface area (TPSA) is 108 Å². The van der Waals surface area contributed by atoms with Crippen molar-refractivity contribution in [2.75, 3.05) is 18.5 Å². The van der Waals surface area contributed by atoms with Crippen molar-refractivity contribution >= 4 is 23.3 Å². The van der Waals surface area contributed by atoms with Gasteiger partial charge in [0.15, 0.2) is 19.0 Å². The van der Waals surface area contributed by atoms with Crippen LogP contribution in [0.25, 0.3) is 11.1 Å². The van der Waals surface area contributed by atoms with E-state index in [4.69, 9.17) is 9.47 Å². The second-order valence-electron chi connectivity index (χ2n) is 6.13. The van der Waals surface area contributed by atoms with E-state index in [2.05, 4.69) is 5.32 Å². The summed E-state index contributed by atoms with van der Waals surface area (Å²) in [6.45, 7) is -1.07. The second-order valence-corrected chi connectivity index (χ2v) is 6.13. The number of nitrogens with one attached hydrogen (secondary N) is 1. The summed E-state index contributed by atoms with van der Waals surface area (Å²) < 4.78 is 10.0. The van der Waals surface area contributed by atoms with Crippen LogP contribution in [0.1, 0.15) is 0 Å². The van der Waals surface area contributed by atoms with Gasteiger partial charge in [0.05, 0.1) is 4.92 Å². The summed E-state index contributed by atoms with van der Waals surface area (Å²) in [7, 11) is 0. The van der Waals surface area contributed by atoms with Crippen LogP contribution >= 0.6 is 0 Å². The lowest BCUT2D eigenvalue weighted by molar-refractivity contribution is -0.385. The van der Waals surface area contributed by atoms with Gasteiger partial charge in [0.2, 0.25) is 0 Å². The van der Waals surface area contributed by atoms with Crippen molar-refractivity contribution in [2.24, 2.45) is 0 Å². The van der Waals surface area contributed by atoms with Crippen molar-refractivity contribution < 1.29 is 24.0 Å². The van der Waals surface area contributed by atoms with Crippen LogP contribution in [0.15, 0.2) is 78.9 Å². The van der Waals surface area contributed by atoms with Crippen LogP contribution in [-0.4, -0.2) is 30.0 Å². The molecule has 0 bridgehead atoms. The van der Waals surface area contributed by atoms with Crippen LogP contribution in [0.3, 0.4) is 0 Å². The Bertz CT molecular complexity index is 1050. The molecule has 0 unspecified atom stereocenters. The van der Waals surface area contributed by atoms with Gasteiger partial charge >= 0.3 is 11.7 Å². The zero-order valence-electron chi connectivity index (χ0n) is 15.8. The lowest BCUT2D eigenvalue weighted by Crippen LogP contribution is -2.24. The Morgan fingerprint density at radius 2 is 1.53 bits per heavy atom.